The number of halogens is 2. The molecule has 2 nitrogen and oxygen atoms in total. The highest BCUT2D eigenvalue weighted by Crippen LogP contribution is 2.45. The zero-order chi connectivity index (χ0) is 12.7. The van der Waals surface area contributed by atoms with E-state index >= 15 is 0 Å². The second-order valence-corrected chi connectivity index (χ2v) is 6.60. The van der Waals surface area contributed by atoms with Gasteiger partial charge in [-0.25, -0.2) is 0 Å². The fraction of sp³-hybridized carbons (Fsp3) is 0.500. The van der Waals surface area contributed by atoms with Gasteiger partial charge in [0.2, 0.25) is 5.91 Å². The summed E-state index contributed by atoms with van der Waals surface area (Å²) < 4.78 is 0. The van der Waals surface area contributed by atoms with Crippen LogP contribution < -0.4 is 5.32 Å². The zero-order valence-electron chi connectivity index (χ0n) is 10.0. The van der Waals surface area contributed by atoms with Crippen LogP contribution in [0.2, 0.25) is 5.02 Å². The summed E-state index contributed by atoms with van der Waals surface area (Å²) >= 11 is 10.1. The Morgan fingerprint density at radius 1 is 1.33 bits per heavy atom. The fourth-order valence-corrected chi connectivity index (χ4v) is 4.30. The van der Waals surface area contributed by atoms with Crippen LogP contribution in [0.3, 0.4) is 0 Å². The van der Waals surface area contributed by atoms with Gasteiger partial charge in [0.15, 0.2) is 0 Å². The van der Waals surface area contributed by atoms with Crippen molar-refractivity contribution in [1.29, 1.82) is 0 Å². The Morgan fingerprint density at radius 3 is 2.78 bits per heavy atom. The zero-order valence-corrected chi connectivity index (χ0v) is 12.4. The van der Waals surface area contributed by atoms with Gasteiger partial charge in [-0.05, 0) is 36.0 Å². The van der Waals surface area contributed by atoms with Crippen molar-refractivity contribution in [1.82, 2.24) is 0 Å². The number of anilines is 1. The van der Waals surface area contributed by atoms with Crippen LogP contribution in [0.25, 0.3) is 0 Å². The van der Waals surface area contributed by atoms with E-state index in [-0.39, 0.29) is 5.91 Å². The molecule has 3 rings (SSSR count). The average Bonchev–Trinajstić information content (AvgIpc) is 2.94. The normalized spacial score (nSPS) is 20.9. The molecular formula is C14H15BrClNO. The molecule has 0 saturated heterocycles. The molecule has 1 aromatic carbocycles. The molecule has 18 heavy (non-hydrogen) atoms. The quantitative estimate of drug-likeness (QED) is 0.798. The Bertz CT molecular complexity index is 497. The minimum Gasteiger partial charge on any atom is -0.325 e. The van der Waals surface area contributed by atoms with E-state index in [4.69, 9.17) is 11.6 Å². The smallest absolute Gasteiger partial charge is 0.228 e. The second kappa shape index (κ2) is 4.86. The third-order valence-electron chi connectivity index (χ3n) is 3.96. The topological polar surface area (TPSA) is 29.1 Å². The number of amides is 1. The van der Waals surface area contributed by atoms with Gasteiger partial charge >= 0.3 is 0 Å². The highest BCUT2D eigenvalue weighted by molar-refractivity contribution is 9.09. The molecule has 1 amide bonds. The maximum atomic E-state index is 11.4. The molecule has 2 aliphatic rings. The van der Waals surface area contributed by atoms with Crippen molar-refractivity contribution in [3.63, 3.8) is 0 Å². The lowest BCUT2D eigenvalue weighted by atomic mass is 9.96. The van der Waals surface area contributed by atoms with Crippen molar-refractivity contribution in [2.24, 2.45) is 5.92 Å². The van der Waals surface area contributed by atoms with Crippen LogP contribution in [0.15, 0.2) is 12.1 Å². The predicted octanol–water partition coefficient (Wildman–Crippen LogP) is 4.46. The number of hydrogen-bond acceptors (Lipinski definition) is 1. The average molecular weight is 329 g/mol. The predicted molar refractivity (Wildman–Crippen MR) is 77.4 cm³/mol. The van der Waals surface area contributed by atoms with Crippen molar-refractivity contribution >= 4 is 39.1 Å². The summed E-state index contributed by atoms with van der Waals surface area (Å²) in [7, 11) is 0. The van der Waals surface area contributed by atoms with Crippen molar-refractivity contribution in [2.45, 2.75) is 36.9 Å². The molecule has 1 N–H and O–H groups in total. The molecule has 0 spiro atoms. The highest BCUT2D eigenvalue weighted by atomic mass is 79.9. The summed E-state index contributed by atoms with van der Waals surface area (Å²) in [6.07, 6.45) is 5.63. The van der Waals surface area contributed by atoms with Crippen molar-refractivity contribution in [3.8, 4) is 0 Å². The summed E-state index contributed by atoms with van der Waals surface area (Å²) in [4.78, 5) is 11.7. The van der Waals surface area contributed by atoms with Gasteiger partial charge in [0, 0.05) is 15.5 Å². The number of carbonyl (C=O) groups is 1. The molecule has 0 bridgehead atoms. The van der Waals surface area contributed by atoms with Gasteiger partial charge in [-0.2, -0.15) is 0 Å². The first-order valence-corrected chi connectivity index (χ1v) is 7.71. The largest absolute Gasteiger partial charge is 0.325 e. The van der Waals surface area contributed by atoms with Crippen LogP contribution >= 0.6 is 27.5 Å². The van der Waals surface area contributed by atoms with E-state index in [9.17, 15) is 4.79 Å². The molecule has 1 atom stereocenters. The number of carbonyl (C=O) groups excluding carboxylic acids is 1. The maximum Gasteiger partial charge on any atom is 0.228 e. The molecule has 1 aliphatic heterocycles. The van der Waals surface area contributed by atoms with Gasteiger partial charge in [0.25, 0.3) is 0 Å². The van der Waals surface area contributed by atoms with E-state index < -0.39 is 0 Å². The number of rotatable bonds is 2. The van der Waals surface area contributed by atoms with Gasteiger partial charge < -0.3 is 5.32 Å². The number of benzene rings is 1. The fourth-order valence-electron chi connectivity index (χ4n) is 2.98. The Kier molecular flexibility index (Phi) is 3.37. The van der Waals surface area contributed by atoms with Crippen molar-refractivity contribution in [3.05, 3.63) is 28.3 Å². The summed E-state index contributed by atoms with van der Waals surface area (Å²) in [6.45, 7) is 0. The summed E-state index contributed by atoms with van der Waals surface area (Å²) in [6, 6.07) is 3.98. The minimum absolute atomic E-state index is 0.0604. The van der Waals surface area contributed by atoms with Gasteiger partial charge in [-0.1, -0.05) is 46.4 Å². The van der Waals surface area contributed by atoms with E-state index in [1.165, 1.54) is 25.7 Å². The van der Waals surface area contributed by atoms with Gasteiger partial charge in [0.05, 0.1) is 6.42 Å². The minimum atomic E-state index is 0.0604. The molecule has 1 aromatic rings. The molecule has 1 fully saturated rings. The van der Waals surface area contributed by atoms with Crippen LogP contribution in [0.1, 0.15) is 41.6 Å². The molecule has 1 aliphatic carbocycles. The number of nitrogens with one attached hydrogen (secondary N) is 1. The summed E-state index contributed by atoms with van der Waals surface area (Å²) in [5.41, 5.74) is 3.08. The van der Waals surface area contributed by atoms with E-state index in [1.807, 2.05) is 6.07 Å². The first-order valence-electron chi connectivity index (χ1n) is 6.41. The van der Waals surface area contributed by atoms with Crippen LogP contribution in [0.5, 0.6) is 0 Å². The third kappa shape index (κ3) is 2.19. The molecule has 0 aromatic heterocycles. The van der Waals surface area contributed by atoms with Crippen LogP contribution in [-0.4, -0.2) is 5.91 Å². The highest BCUT2D eigenvalue weighted by Gasteiger charge is 2.28. The molecular weight excluding hydrogens is 314 g/mol. The number of hydrogen-bond donors (Lipinski definition) is 1. The van der Waals surface area contributed by atoms with E-state index in [2.05, 4.69) is 27.3 Å². The maximum absolute atomic E-state index is 11.4. The molecule has 1 heterocycles. The lowest BCUT2D eigenvalue weighted by molar-refractivity contribution is -0.115. The molecule has 1 saturated carbocycles. The van der Waals surface area contributed by atoms with Crippen LogP contribution in [0, 0.1) is 5.92 Å². The lowest BCUT2D eigenvalue weighted by Gasteiger charge is -2.19. The molecule has 1 unspecified atom stereocenters. The van der Waals surface area contributed by atoms with E-state index in [0.717, 1.165) is 21.8 Å². The SMILES string of the molecule is O=C1Cc2cc(C(Br)C3CCCC3)c(Cl)cc2N1. The lowest BCUT2D eigenvalue weighted by Crippen LogP contribution is -2.04. The summed E-state index contributed by atoms with van der Waals surface area (Å²) in [5.74, 6) is 0.732. The third-order valence-corrected chi connectivity index (χ3v) is 5.53. The number of alkyl halides is 1. The van der Waals surface area contributed by atoms with Crippen LogP contribution in [0.4, 0.5) is 5.69 Å². The molecule has 96 valence electrons. The monoisotopic (exact) mass is 327 g/mol. The first kappa shape index (κ1) is 12.5. The Hall–Kier alpha value is -0.540. The van der Waals surface area contributed by atoms with Gasteiger partial charge in [-0.3, -0.25) is 4.79 Å². The van der Waals surface area contributed by atoms with E-state index in [1.54, 1.807) is 0 Å². The second-order valence-electron chi connectivity index (χ2n) is 5.20. The van der Waals surface area contributed by atoms with Crippen molar-refractivity contribution < 1.29 is 4.79 Å². The Morgan fingerprint density at radius 2 is 2.06 bits per heavy atom. The van der Waals surface area contributed by atoms with E-state index in [0.29, 0.717) is 17.2 Å². The van der Waals surface area contributed by atoms with Gasteiger partial charge in [-0.15, -0.1) is 0 Å². The van der Waals surface area contributed by atoms with Gasteiger partial charge in [0.1, 0.15) is 0 Å². The standard InChI is InChI=1S/C14H15BrClNO/c15-14(8-3-1-2-4-8)10-5-9-6-13(18)17-12(9)7-11(10)16/h5,7-8,14H,1-4,6H2,(H,17,18). The number of fused-ring (bicyclic) bond motifs is 1. The molecule has 0 radical (unpaired) electrons. The Balaban J connectivity index is 1.92. The Labute approximate surface area is 120 Å². The first-order chi connectivity index (χ1) is 8.65. The summed E-state index contributed by atoms with van der Waals surface area (Å²) in [5, 5.41) is 3.59. The van der Waals surface area contributed by atoms with Crippen molar-refractivity contribution in [2.75, 3.05) is 5.32 Å². The molecule has 4 heteroatoms. The van der Waals surface area contributed by atoms with Crippen LogP contribution in [-0.2, 0) is 11.2 Å².